The Balaban J connectivity index is 1.29. The van der Waals surface area contributed by atoms with E-state index in [1.165, 1.54) is 5.56 Å². The number of amides is 1. The molecular weight excluding hydrogens is 508 g/mol. The molecule has 1 aliphatic heterocycles. The minimum absolute atomic E-state index is 0.467. The minimum atomic E-state index is -1.54. The number of nitrogens with zero attached hydrogens (tertiary/aromatic N) is 1. The zero-order chi connectivity index (χ0) is 27.7. The van der Waals surface area contributed by atoms with Crippen LogP contribution in [-0.2, 0) is 26.8 Å². The summed E-state index contributed by atoms with van der Waals surface area (Å²) in [5, 5.41) is 0. The molecule has 3 aromatic rings. The van der Waals surface area contributed by atoms with Gasteiger partial charge in [-0.05, 0) is 78.8 Å². The zero-order valence-corrected chi connectivity index (χ0v) is 23.3. The molecule has 0 aromatic heterocycles. The largest absolute Gasteiger partial charge is 0.494 e. The van der Waals surface area contributed by atoms with E-state index in [1.54, 1.807) is 19.2 Å². The van der Waals surface area contributed by atoms with Crippen LogP contribution in [0, 0.1) is 12.3 Å². The summed E-state index contributed by atoms with van der Waals surface area (Å²) in [4.78, 5) is 15.3. The Labute approximate surface area is 234 Å². The van der Waals surface area contributed by atoms with E-state index in [0.29, 0.717) is 49.8 Å². The number of piperidine rings is 1. The number of carbonyl (C=O) groups excluding carboxylic acids is 1. The SMILES string of the molecule is C#Cc1ccc(-c2cccc(CCCOc3ccc(S(=O)C4(C(N)=O)CCN(CCOC)CC4)cc3)c2)cc1. The summed E-state index contributed by atoms with van der Waals surface area (Å²) in [5.41, 5.74) is 10.2. The summed E-state index contributed by atoms with van der Waals surface area (Å²) in [7, 11) is 0.131. The van der Waals surface area contributed by atoms with Crippen molar-refractivity contribution < 1.29 is 18.5 Å². The van der Waals surface area contributed by atoms with Gasteiger partial charge in [0.1, 0.15) is 10.5 Å². The van der Waals surface area contributed by atoms with Crippen LogP contribution in [0.15, 0.2) is 77.7 Å². The zero-order valence-electron chi connectivity index (χ0n) is 22.4. The summed E-state index contributed by atoms with van der Waals surface area (Å²) in [5.74, 6) is 2.86. The maximum Gasteiger partial charge on any atom is 0.236 e. The Morgan fingerprint density at radius 2 is 1.74 bits per heavy atom. The van der Waals surface area contributed by atoms with Gasteiger partial charge in [0.25, 0.3) is 0 Å². The first-order valence-electron chi connectivity index (χ1n) is 13.3. The highest BCUT2D eigenvalue weighted by Crippen LogP contribution is 2.33. The smallest absolute Gasteiger partial charge is 0.236 e. The van der Waals surface area contributed by atoms with Crippen molar-refractivity contribution in [2.45, 2.75) is 35.3 Å². The normalized spacial score (nSPS) is 15.8. The summed E-state index contributed by atoms with van der Waals surface area (Å²) in [6, 6.07) is 23.7. The van der Waals surface area contributed by atoms with E-state index < -0.39 is 21.5 Å². The highest BCUT2D eigenvalue weighted by Gasteiger charge is 2.46. The third kappa shape index (κ3) is 7.15. The number of hydrogen-bond acceptors (Lipinski definition) is 5. The van der Waals surface area contributed by atoms with Crippen molar-refractivity contribution in [1.82, 2.24) is 4.90 Å². The van der Waals surface area contributed by atoms with Gasteiger partial charge in [-0.25, -0.2) is 0 Å². The van der Waals surface area contributed by atoms with Gasteiger partial charge in [-0.1, -0.05) is 42.3 Å². The molecule has 204 valence electrons. The average molecular weight is 545 g/mol. The fourth-order valence-electron chi connectivity index (χ4n) is 4.90. The summed E-state index contributed by atoms with van der Waals surface area (Å²) < 4.78 is 23.5. The van der Waals surface area contributed by atoms with E-state index in [0.717, 1.165) is 36.1 Å². The fraction of sp³-hybridized carbons (Fsp3) is 0.344. The van der Waals surface area contributed by atoms with Crippen molar-refractivity contribution in [3.63, 3.8) is 0 Å². The van der Waals surface area contributed by atoms with Crippen molar-refractivity contribution in [2.75, 3.05) is 40.0 Å². The number of ether oxygens (including phenoxy) is 2. The van der Waals surface area contributed by atoms with E-state index >= 15 is 0 Å². The Kier molecular flexibility index (Phi) is 9.94. The number of hydrogen-bond donors (Lipinski definition) is 1. The van der Waals surface area contributed by atoms with Crippen molar-refractivity contribution in [3.05, 3.63) is 83.9 Å². The number of rotatable bonds is 12. The third-order valence-electron chi connectivity index (χ3n) is 7.31. The molecule has 0 aliphatic carbocycles. The van der Waals surface area contributed by atoms with Crippen molar-refractivity contribution >= 4 is 16.7 Å². The van der Waals surface area contributed by atoms with Gasteiger partial charge in [0.05, 0.1) is 24.0 Å². The molecule has 39 heavy (non-hydrogen) atoms. The van der Waals surface area contributed by atoms with Crippen molar-refractivity contribution in [3.8, 4) is 29.2 Å². The predicted molar refractivity (Wildman–Crippen MR) is 156 cm³/mol. The monoisotopic (exact) mass is 544 g/mol. The number of carbonyl (C=O) groups is 1. The Morgan fingerprint density at radius 3 is 2.38 bits per heavy atom. The van der Waals surface area contributed by atoms with Crippen molar-refractivity contribution in [2.24, 2.45) is 5.73 Å². The second-order valence-corrected chi connectivity index (χ2v) is 11.6. The number of nitrogens with two attached hydrogens (primary N) is 1. The van der Waals surface area contributed by atoms with Gasteiger partial charge in [-0.2, -0.15) is 0 Å². The van der Waals surface area contributed by atoms with Crippen LogP contribution in [0.2, 0.25) is 0 Å². The molecule has 1 unspecified atom stereocenters. The molecule has 1 fully saturated rings. The third-order valence-corrected chi connectivity index (χ3v) is 9.33. The molecule has 1 amide bonds. The average Bonchev–Trinajstić information content (AvgIpc) is 2.98. The molecule has 3 aromatic carbocycles. The molecule has 6 nitrogen and oxygen atoms in total. The first-order valence-corrected chi connectivity index (χ1v) is 14.4. The van der Waals surface area contributed by atoms with Gasteiger partial charge in [-0.3, -0.25) is 9.00 Å². The quantitative estimate of drug-likeness (QED) is 0.270. The maximum absolute atomic E-state index is 13.5. The topological polar surface area (TPSA) is 81.9 Å². The molecule has 0 bridgehead atoms. The first-order chi connectivity index (χ1) is 18.9. The molecule has 7 heteroatoms. The van der Waals surface area contributed by atoms with Crippen molar-refractivity contribution in [1.29, 1.82) is 0 Å². The van der Waals surface area contributed by atoms with Gasteiger partial charge in [0.15, 0.2) is 0 Å². The summed E-state index contributed by atoms with van der Waals surface area (Å²) in [6.07, 6.45) is 8.14. The van der Waals surface area contributed by atoms with Gasteiger partial charge in [0, 0.05) is 37.2 Å². The highest BCUT2D eigenvalue weighted by atomic mass is 32.2. The van der Waals surface area contributed by atoms with Crippen LogP contribution in [-0.4, -0.2) is 59.7 Å². The van der Waals surface area contributed by atoms with Crippen LogP contribution in [0.25, 0.3) is 11.1 Å². The molecule has 1 heterocycles. The fourth-order valence-corrected chi connectivity index (χ4v) is 6.47. The van der Waals surface area contributed by atoms with Gasteiger partial charge >= 0.3 is 0 Å². The van der Waals surface area contributed by atoms with Crippen LogP contribution in [0.3, 0.4) is 0 Å². The molecular formula is C32H36N2O4S. The second-order valence-electron chi connectivity index (χ2n) is 9.81. The van der Waals surface area contributed by atoms with Gasteiger partial charge in [-0.15, -0.1) is 6.42 Å². The van der Waals surface area contributed by atoms with E-state index in [9.17, 15) is 9.00 Å². The van der Waals surface area contributed by atoms with Crippen LogP contribution in [0.5, 0.6) is 5.75 Å². The number of methoxy groups -OCH3 is 1. The van der Waals surface area contributed by atoms with E-state index in [4.69, 9.17) is 21.6 Å². The highest BCUT2D eigenvalue weighted by molar-refractivity contribution is 7.87. The minimum Gasteiger partial charge on any atom is -0.494 e. The number of primary amides is 1. The van der Waals surface area contributed by atoms with Crippen LogP contribution >= 0.6 is 0 Å². The molecule has 4 rings (SSSR count). The number of likely N-dealkylation sites (tertiary alicyclic amines) is 1. The Bertz CT molecular complexity index is 1310. The number of terminal acetylenes is 1. The lowest BCUT2D eigenvalue weighted by atomic mass is 9.95. The Morgan fingerprint density at radius 1 is 1.03 bits per heavy atom. The van der Waals surface area contributed by atoms with Gasteiger partial charge in [0.2, 0.25) is 5.91 Å². The Hall–Kier alpha value is -3.44. The van der Waals surface area contributed by atoms with E-state index in [1.807, 2.05) is 36.4 Å². The molecule has 0 saturated carbocycles. The molecule has 1 atom stereocenters. The van der Waals surface area contributed by atoms with Crippen LogP contribution in [0.4, 0.5) is 0 Å². The molecule has 1 aliphatic rings. The molecule has 1 saturated heterocycles. The van der Waals surface area contributed by atoms with E-state index in [-0.39, 0.29) is 0 Å². The maximum atomic E-state index is 13.5. The first kappa shape index (κ1) is 28.6. The molecule has 0 radical (unpaired) electrons. The molecule has 0 spiro atoms. The summed E-state index contributed by atoms with van der Waals surface area (Å²) >= 11 is 0. The van der Waals surface area contributed by atoms with Crippen LogP contribution < -0.4 is 10.5 Å². The lowest BCUT2D eigenvalue weighted by Gasteiger charge is -2.38. The van der Waals surface area contributed by atoms with Gasteiger partial charge < -0.3 is 20.1 Å². The lowest BCUT2D eigenvalue weighted by Crippen LogP contribution is -2.55. The lowest BCUT2D eigenvalue weighted by molar-refractivity contribution is -0.121. The number of benzene rings is 3. The standard InChI is InChI=1S/C32H36N2O4S/c1-3-25-9-11-27(12-10-25)28-8-4-6-26(24-28)7-5-22-38-29-13-15-30(16-14-29)39(36)32(31(33)35)17-19-34(20-18-32)21-23-37-2/h1,4,6,8-16,24H,5,7,17-23H2,2H3,(H2,33,35). The second kappa shape index (κ2) is 13.6. The van der Waals surface area contributed by atoms with Crippen LogP contribution in [0.1, 0.15) is 30.4 Å². The van der Waals surface area contributed by atoms with E-state index in [2.05, 4.69) is 35.1 Å². The number of aryl methyl sites for hydroxylation is 1. The molecule has 2 N–H and O–H groups in total. The predicted octanol–water partition coefficient (Wildman–Crippen LogP) is 4.42. The summed E-state index contributed by atoms with van der Waals surface area (Å²) in [6.45, 7) is 3.31.